The smallest absolute Gasteiger partial charge is 0.417 e. The van der Waals surface area contributed by atoms with Crippen LogP contribution in [-0.4, -0.2) is 27.5 Å². The number of hydrogen-bond donors (Lipinski definition) is 1. The largest absolute Gasteiger partial charge is 0.462 e. The topological polar surface area (TPSA) is 64.1 Å². The van der Waals surface area contributed by atoms with Gasteiger partial charge in [0.25, 0.3) is 5.91 Å². The van der Waals surface area contributed by atoms with Crippen molar-refractivity contribution in [3.8, 4) is 5.88 Å². The number of aromatic nitrogens is 2. The summed E-state index contributed by atoms with van der Waals surface area (Å²) in [6, 6.07) is 3.53. The van der Waals surface area contributed by atoms with E-state index in [2.05, 4.69) is 29.1 Å². The van der Waals surface area contributed by atoms with Gasteiger partial charge < -0.3 is 10.1 Å². The summed E-state index contributed by atoms with van der Waals surface area (Å²) in [7, 11) is 0. The lowest BCUT2D eigenvalue weighted by Gasteiger charge is -2.31. The highest BCUT2D eigenvalue weighted by atomic mass is 35.5. The molecule has 2 unspecified atom stereocenters. The van der Waals surface area contributed by atoms with E-state index in [0.717, 1.165) is 24.1 Å². The van der Waals surface area contributed by atoms with Gasteiger partial charge in [0.15, 0.2) is 5.60 Å². The zero-order valence-electron chi connectivity index (χ0n) is 18.1. The van der Waals surface area contributed by atoms with E-state index in [1.807, 2.05) is 13.0 Å². The van der Waals surface area contributed by atoms with Crippen molar-refractivity contribution >= 4 is 17.5 Å². The molecule has 2 heterocycles. The molecule has 0 saturated heterocycles. The van der Waals surface area contributed by atoms with Gasteiger partial charge in [-0.2, -0.15) is 13.2 Å². The highest BCUT2D eigenvalue weighted by Gasteiger charge is 2.34. The van der Waals surface area contributed by atoms with Crippen LogP contribution in [0, 0.1) is 5.92 Å². The Morgan fingerprint density at radius 3 is 2.35 bits per heavy atom. The molecule has 0 aliphatic heterocycles. The standard InChI is InChI=1S/C22H27ClF3N3O2/c1-13(2)8-18(15-9-17(23)12-27-10-15)14(3)29-20(30)21(4,5)31-19-7-6-16(11-28-19)22(24,25)26/h6-7,9-14,18H,8H2,1-5H3,(H,29,30). The van der Waals surface area contributed by atoms with Gasteiger partial charge in [-0.25, -0.2) is 4.98 Å². The number of ether oxygens (including phenoxy) is 1. The van der Waals surface area contributed by atoms with E-state index in [1.54, 1.807) is 12.4 Å². The highest BCUT2D eigenvalue weighted by Crippen LogP contribution is 2.31. The fourth-order valence-corrected chi connectivity index (χ4v) is 3.35. The van der Waals surface area contributed by atoms with E-state index in [0.29, 0.717) is 17.1 Å². The SMILES string of the molecule is CC(C)CC(c1cncc(Cl)c1)C(C)NC(=O)C(C)(C)Oc1ccc(C(F)(F)F)cn1. The maximum atomic E-state index is 12.9. The molecule has 0 radical (unpaired) electrons. The van der Waals surface area contributed by atoms with Gasteiger partial charge in [0.05, 0.1) is 10.6 Å². The zero-order chi connectivity index (χ0) is 23.4. The van der Waals surface area contributed by atoms with E-state index in [9.17, 15) is 18.0 Å². The van der Waals surface area contributed by atoms with Crippen molar-refractivity contribution in [3.05, 3.63) is 52.9 Å². The van der Waals surface area contributed by atoms with Crippen molar-refractivity contribution in [2.75, 3.05) is 0 Å². The van der Waals surface area contributed by atoms with Gasteiger partial charge in [-0.05, 0) is 50.8 Å². The Balaban J connectivity index is 2.12. The number of alkyl halides is 3. The van der Waals surface area contributed by atoms with Crippen LogP contribution in [-0.2, 0) is 11.0 Å². The van der Waals surface area contributed by atoms with Gasteiger partial charge >= 0.3 is 6.18 Å². The quantitative estimate of drug-likeness (QED) is 0.557. The third kappa shape index (κ3) is 7.09. The molecule has 1 amide bonds. The number of rotatable bonds is 8. The molecule has 5 nitrogen and oxygen atoms in total. The minimum atomic E-state index is -4.49. The first-order valence-electron chi connectivity index (χ1n) is 9.93. The van der Waals surface area contributed by atoms with Crippen LogP contribution in [0.3, 0.4) is 0 Å². The predicted octanol–water partition coefficient (Wildman–Crippen LogP) is 5.64. The van der Waals surface area contributed by atoms with Crippen LogP contribution in [0.25, 0.3) is 0 Å². The summed E-state index contributed by atoms with van der Waals surface area (Å²) >= 11 is 6.09. The van der Waals surface area contributed by atoms with Gasteiger partial charge in [0.2, 0.25) is 5.88 Å². The number of carbonyl (C=O) groups is 1. The van der Waals surface area contributed by atoms with E-state index < -0.39 is 23.2 Å². The molecule has 0 aromatic carbocycles. The van der Waals surface area contributed by atoms with Crippen LogP contribution in [0.4, 0.5) is 13.2 Å². The Labute approximate surface area is 185 Å². The molecule has 2 aromatic rings. The molecule has 0 aliphatic rings. The van der Waals surface area contributed by atoms with Crippen LogP contribution < -0.4 is 10.1 Å². The second-order valence-corrected chi connectivity index (χ2v) is 8.87. The van der Waals surface area contributed by atoms with Gasteiger partial charge in [-0.3, -0.25) is 9.78 Å². The molecule has 31 heavy (non-hydrogen) atoms. The monoisotopic (exact) mass is 457 g/mol. The van der Waals surface area contributed by atoms with Gasteiger partial charge in [-0.1, -0.05) is 25.4 Å². The van der Waals surface area contributed by atoms with Crippen LogP contribution in [0.1, 0.15) is 58.1 Å². The summed E-state index contributed by atoms with van der Waals surface area (Å²) in [6.45, 7) is 9.13. The average molecular weight is 458 g/mol. The molecule has 0 aliphatic carbocycles. The van der Waals surface area contributed by atoms with Gasteiger partial charge in [-0.15, -0.1) is 0 Å². The van der Waals surface area contributed by atoms with Crippen LogP contribution in [0.15, 0.2) is 36.8 Å². The first kappa shape index (κ1) is 24.9. The molecule has 1 N–H and O–H groups in total. The summed E-state index contributed by atoms with van der Waals surface area (Å²) < 4.78 is 43.7. The molecule has 2 aromatic heterocycles. The number of nitrogens with zero attached hydrogens (tertiary/aromatic N) is 2. The Morgan fingerprint density at radius 1 is 1.16 bits per heavy atom. The molecule has 9 heteroatoms. The molecular weight excluding hydrogens is 431 g/mol. The lowest BCUT2D eigenvalue weighted by molar-refractivity contribution is -0.138. The van der Waals surface area contributed by atoms with Gasteiger partial charge in [0, 0.05) is 36.6 Å². The number of pyridine rings is 2. The predicted molar refractivity (Wildman–Crippen MR) is 113 cm³/mol. The number of carbonyl (C=O) groups excluding carboxylic acids is 1. The van der Waals surface area contributed by atoms with Crippen LogP contribution >= 0.6 is 11.6 Å². The van der Waals surface area contributed by atoms with Crippen molar-refractivity contribution in [2.45, 2.75) is 64.8 Å². The molecule has 170 valence electrons. The third-order valence-electron chi connectivity index (χ3n) is 4.81. The summed E-state index contributed by atoms with van der Waals surface area (Å²) in [5.41, 5.74) is -1.32. The molecule has 0 fully saturated rings. The molecule has 0 saturated carbocycles. The van der Waals surface area contributed by atoms with Gasteiger partial charge in [0.1, 0.15) is 0 Å². The van der Waals surface area contributed by atoms with Crippen LogP contribution in [0.2, 0.25) is 5.02 Å². The molecule has 2 rings (SSSR count). The van der Waals surface area contributed by atoms with E-state index in [1.165, 1.54) is 13.8 Å². The van der Waals surface area contributed by atoms with E-state index >= 15 is 0 Å². The Bertz CT molecular complexity index is 886. The lowest BCUT2D eigenvalue weighted by atomic mass is 9.85. The Morgan fingerprint density at radius 2 is 1.84 bits per heavy atom. The van der Waals surface area contributed by atoms with Crippen molar-refractivity contribution < 1.29 is 22.7 Å². The zero-order valence-corrected chi connectivity index (χ0v) is 18.9. The highest BCUT2D eigenvalue weighted by molar-refractivity contribution is 6.30. The van der Waals surface area contributed by atoms with Crippen LogP contribution in [0.5, 0.6) is 5.88 Å². The fraction of sp³-hybridized carbons (Fsp3) is 0.500. The average Bonchev–Trinajstić information content (AvgIpc) is 2.65. The number of amides is 1. The normalized spacial score (nSPS) is 14.3. The minimum Gasteiger partial charge on any atom is -0.462 e. The summed E-state index contributed by atoms with van der Waals surface area (Å²) in [4.78, 5) is 20.7. The Kier molecular flexibility index (Phi) is 7.92. The lowest BCUT2D eigenvalue weighted by Crippen LogP contribution is -2.51. The number of nitrogens with one attached hydrogen (secondary N) is 1. The van der Waals surface area contributed by atoms with E-state index in [4.69, 9.17) is 16.3 Å². The third-order valence-corrected chi connectivity index (χ3v) is 5.02. The summed E-state index contributed by atoms with van der Waals surface area (Å²) in [6.07, 6.45) is 0.264. The molecular formula is C22H27ClF3N3O2. The first-order valence-corrected chi connectivity index (χ1v) is 10.3. The van der Waals surface area contributed by atoms with E-state index in [-0.39, 0.29) is 17.8 Å². The number of hydrogen-bond acceptors (Lipinski definition) is 4. The molecule has 2 atom stereocenters. The Hall–Kier alpha value is -2.35. The van der Waals surface area contributed by atoms with Crippen molar-refractivity contribution in [3.63, 3.8) is 0 Å². The number of halogens is 4. The van der Waals surface area contributed by atoms with Crippen molar-refractivity contribution in [1.82, 2.24) is 15.3 Å². The second-order valence-electron chi connectivity index (χ2n) is 8.43. The molecule has 0 spiro atoms. The van der Waals surface area contributed by atoms with Crippen molar-refractivity contribution in [2.24, 2.45) is 5.92 Å². The summed E-state index contributed by atoms with van der Waals surface area (Å²) in [5, 5.41) is 3.47. The minimum absolute atomic E-state index is 0.0323. The summed E-state index contributed by atoms with van der Waals surface area (Å²) in [5.74, 6) is -0.150. The second kappa shape index (κ2) is 9.85. The first-order chi connectivity index (χ1) is 14.3. The fourth-order valence-electron chi connectivity index (χ4n) is 3.17. The molecule has 0 bridgehead atoms. The maximum absolute atomic E-state index is 12.9. The van der Waals surface area contributed by atoms with Crippen molar-refractivity contribution in [1.29, 1.82) is 0 Å². The maximum Gasteiger partial charge on any atom is 0.417 e.